The summed E-state index contributed by atoms with van der Waals surface area (Å²) in [4.78, 5) is 14.4. The Kier molecular flexibility index (Phi) is 4.52. The van der Waals surface area contributed by atoms with E-state index in [1.165, 1.54) is 23.6 Å². The van der Waals surface area contributed by atoms with Crippen LogP contribution >= 0.6 is 34.5 Å². The van der Waals surface area contributed by atoms with E-state index < -0.39 is 16.4 Å². The number of anilines is 1. The van der Waals surface area contributed by atoms with Gasteiger partial charge >= 0.3 is 5.69 Å². The van der Waals surface area contributed by atoms with E-state index in [1.54, 1.807) is 6.07 Å². The first-order valence-corrected chi connectivity index (χ1v) is 8.04. The molecule has 3 aromatic rings. The molecule has 0 fully saturated rings. The molecule has 1 aromatic heterocycles. The van der Waals surface area contributed by atoms with Gasteiger partial charge in [-0.2, -0.15) is 5.10 Å². The molecule has 0 saturated heterocycles. The minimum Gasteiger partial charge on any atom is -0.502 e. The van der Waals surface area contributed by atoms with Crippen LogP contribution in [0.3, 0.4) is 0 Å². The molecule has 0 saturated carbocycles. The zero-order valence-electron chi connectivity index (χ0n) is 11.7. The number of fused-ring (bicyclic) bond motifs is 1. The van der Waals surface area contributed by atoms with E-state index in [4.69, 9.17) is 23.2 Å². The van der Waals surface area contributed by atoms with Gasteiger partial charge in [0.2, 0.25) is 10.9 Å². The van der Waals surface area contributed by atoms with Crippen molar-refractivity contribution in [2.24, 2.45) is 5.10 Å². The topological polar surface area (TPSA) is 101 Å². The van der Waals surface area contributed by atoms with Gasteiger partial charge in [0, 0.05) is 16.7 Å². The Hall–Kier alpha value is -2.42. The van der Waals surface area contributed by atoms with E-state index in [0.717, 1.165) is 10.8 Å². The molecule has 3 rings (SSSR count). The zero-order valence-corrected chi connectivity index (χ0v) is 14.1. The Morgan fingerprint density at radius 1 is 1.38 bits per heavy atom. The Morgan fingerprint density at radius 2 is 2.17 bits per heavy atom. The van der Waals surface area contributed by atoms with Gasteiger partial charge < -0.3 is 5.11 Å². The van der Waals surface area contributed by atoms with Gasteiger partial charge in [0.05, 0.1) is 20.9 Å². The minimum absolute atomic E-state index is 0.112. The van der Waals surface area contributed by atoms with E-state index in [9.17, 15) is 15.2 Å². The summed E-state index contributed by atoms with van der Waals surface area (Å²) in [6.07, 6.45) is 1.22. The first-order valence-electron chi connectivity index (χ1n) is 6.46. The Balaban J connectivity index is 1.86. The number of aromatic hydroxyl groups is 1. The maximum Gasteiger partial charge on any atom is 0.312 e. The predicted octanol–water partition coefficient (Wildman–Crippen LogP) is 4.66. The highest BCUT2D eigenvalue weighted by molar-refractivity contribution is 7.22. The highest BCUT2D eigenvalue weighted by atomic mass is 35.5. The van der Waals surface area contributed by atoms with Crippen molar-refractivity contribution < 1.29 is 10.0 Å². The average molecular weight is 383 g/mol. The number of hydrogen-bond acceptors (Lipinski definition) is 7. The number of benzene rings is 2. The van der Waals surface area contributed by atoms with Crippen LogP contribution in [0.5, 0.6) is 5.75 Å². The van der Waals surface area contributed by atoms with Gasteiger partial charge in [-0.3, -0.25) is 15.5 Å². The normalized spacial score (nSPS) is 11.2. The number of rotatable bonds is 4. The van der Waals surface area contributed by atoms with Crippen molar-refractivity contribution in [3.63, 3.8) is 0 Å². The molecule has 0 aliphatic rings. The average Bonchev–Trinajstić information content (AvgIpc) is 2.94. The lowest BCUT2D eigenvalue weighted by Crippen LogP contribution is -1.94. The number of phenols is 1. The van der Waals surface area contributed by atoms with E-state index in [1.807, 2.05) is 12.1 Å². The van der Waals surface area contributed by atoms with E-state index in [2.05, 4.69) is 15.5 Å². The Morgan fingerprint density at radius 3 is 2.88 bits per heavy atom. The number of halogens is 2. The van der Waals surface area contributed by atoms with Crippen LogP contribution in [0.4, 0.5) is 10.8 Å². The molecular weight excluding hydrogens is 375 g/mol. The number of nitrogens with one attached hydrogen (secondary N) is 1. The van der Waals surface area contributed by atoms with Crippen LogP contribution in [-0.4, -0.2) is 21.2 Å². The van der Waals surface area contributed by atoms with Crippen LogP contribution in [0.15, 0.2) is 35.4 Å². The number of nitro benzene ring substituents is 1. The quantitative estimate of drug-likeness (QED) is 0.388. The second-order valence-corrected chi connectivity index (χ2v) is 6.47. The summed E-state index contributed by atoms with van der Waals surface area (Å²) in [5, 5.41) is 25.8. The van der Waals surface area contributed by atoms with Gasteiger partial charge in [0.15, 0.2) is 0 Å². The second-order valence-electron chi connectivity index (χ2n) is 4.60. The summed E-state index contributed by atoms with van der Waals surface area (Å²) < 4.78 is 0.890. The first kappa shape index (κ1) is 16.4. The molecule has 0 radical (unpaired) electrons. The lowest BCUT2D eigenvalue weighted by atomic mass is 10.2. The second kappa shape index (κ2) is 6.60. The van der Waals surface area contributed by atoms with Gasteiger partial charge in [-0.15, -0.1) is 0 Å². The Labute approximate surface area is 149 Å². The molecule has 122 valence electrons. The summed E-state index contributed by atoms with van der Waals surface area (Å²) in [7, 11) is 0. The maximum absolute atomic E-state index is 10.9. The summed E-state index contributed by atoms with van der Waals surface area (Å²) in [6.45, 7) is 0. The third-order valence-electron chi connectivity index (χ3n) is 3.01. The van der Waals surface area contributed by atoms with Crippen LogP contribution in [0.25, 0.3) is 10.2 Å². The summed E-state index contributed by atoms with van der Waals surface area (Å²) >= 11 is 13.2. The Bertz CT molecular complexity index is 974. The van der Waals surface area contributed by atoms with Crippen LogP contribution in [0.1, 0.15) is 5.56 Å². The maximum atomic E-state index is 10.9. The standard InChI is InChI=1S/C14H8Cl2N4O3S/c15-8-4-7(13(21)10(5-8)20(22)23)6-17-19-14-18-12-9(16)2-1-3-11(12)24-14/h1-6,21H,(H,18,19)/b17-6-. The van der Waals surface area contributed by atoms with Crippen molar-refractivity contribution in [3.05, 3.63) is 56.1 Å². The van der Waals surface area contributed by atoms with Crippen molar-refractivity contribution >= 4 is 61.8 Å². The number of hydrogen-bond donors (Lipinski definition) is 2. The molecule has 0 aliphatic heterocycles. The summed E-state index contributed by atoms with van der Waals surface area (Å²) in [5.41, 5.74) is 2.98. The highest BCUT2D eigenvalue weighted by Crippen LogP contribution is 2.33. The lowest BCUT2D eigenvalue weighted by molar-refractivity contribution is -0.385. The number of aromatic nitrogens is 1. The molecule has 24 heavy (non-hydrogen) atoms. The monoisotopic (exact) mass is 382 g/mol. The number of nitrogens with zero attached hydrogens (tertiary/aromatic N) is 3. The number of phenolic OH excluding ortho intramolecular Hbond substituents is 1. The third-order valence-corrected chi connectivity index (χ3v) is 4.46. The first-order chi connectivity index (χ1) is 11.5. The van der Waals surface area contributed by atoms with Crippen molar-refractivity contribution in [1.29, 1.82) is 0 Å². The smallest absolute Gasteiger partial charge is 0.312 e. The largest absolute Gasteiger partial charge is 0.502 e. The SMILES string of the molecule is O=[N+]([O-])c1cc(Cl)cc(/C=N\Nc2nc3c(Cl)cccc3s2)c1O. The lowest BCUT2D eigenvalue weighted by Gasteiger charge is -2.01. The molecule has 0 atom stereocenters. The third kappa shape index (κ3) is 3.25. The van der Waals surface area contributed by atoms with E-state index in [0.29, 0.717) is 15.7 Å². The fourth-order valence-corrected chi connectivity index (χ4v) is 3.30. The van der Waals surface area contributed by atoms with Crippen LogP contribution in [0.2, 0.25) is 10.0 Å². The number of nitro groups is 1. The minimum atomic E-state index is -0.721. The van der Waals surface area contributed by atoms with E-state index >= 15 is 0 Å². The predicted molar refractivity (Wildman–Crippen MR) is 95.6 cm³/mol. The van der Waals surface area contributed by atoms with Crippen molar-refractivity contribution in [2.75, 3.05) is 5.43 Å². The van der Waals surface area contributed by atoms with Gasteiger partial charge in [0.1, 0.15) is 5.52 Å². The number of hydrazone groups is 1. The van der Waals surface area contributed by atoms with Gasteiger partial charge in [-0.1, -0.05) is 40.6 Å². The number of para-hydroxylation sites is 1. The van der Waals surface area contributed by atoms with Crippen LogP contribution in [0, 0.1) is 10.1 Å². The van der Waals surface area contributed by atoms with Crippen LogP contribution < -0.4 is 5.43 Å². The van der Waals surface area contributed by atoms with Crippen molar-refractivity contribution in [3.8, 4) is 5.75 Å². The molecule has 2 aromatic carbocycles. The van der Waals surface area contributed by atoms with Gasteiger partial charge in [-0.05, 0) is 18.2 Å². The molecule has 0 aliphatic carbocycles. The van der Waals surface area contributed by atoms with Crippen molar-refractivity contribution in [2.45, 2.75) is 0 Å². The molecule has 2 N–H and O–H groups in total. The van der Waals surface area contributed by atoms with Gasteiger partial charge in [0.25, 0.3) is 0 Å². The molecular formula is C14H8Cl2N4O3S. The fraction of sp³-hybridized carbons (Fsp3) is 0. The van der Waals surface area contributed by atoms with Crippen molar-refractivity contribution in [1.82, 2.24) is 4.98 Å². The van der Waals surface area contributed by atoms with E-state index in [-0.39, 0.29) is 10.6 Å². The zero-order chi connectivity index (χ0) is 17.3. The molecule has 0 spiro atoms. The molecule has 7 nitrogen and oxygen atoms in total. The van der Waals surface area contributed by atoms with Crippen LogP contribution in [-0.2, 0) is 0 Å². The fourth-order valence-electron chi connectivity index (χ4n) is 1.96. The highest BCUT2D eigenvalue weighted by Gasteiger charge is 2.17. The molecule has 1 heterocycles. The molecule has 0 unspecified atom stereocenters. The molecule has 0 amide bonds. The molecule has 10 heteroatoms. The number of thiazole rings is 1. The van der Waals surface area contributed by atoms with Gasteiger partial charge in [-0.25, -0.2) is 4.98 Å². The molecule has 0 bridgehead atoms. The summed E-state index contributed by atoms with van der Waals surface area (Å²) in [6, 6.07) is 7.86. The summed E-state index contributed by atoms with van der Waals surface area (Å²) in [5.74, 6) is -0.512.